The maximum absolute atomic E-state index is 13.1. The van der Waals surface area contributed by atoms with Crippen LogP contribution in [-0.2, 0) is 17.1 Å². The highest BCUT2D eigenvalue weighted by atomic mass is 32.2. The second kappa shape index (κ2) is 8.27. The number of amides is 1. The van der Waals surface area contributed by atoms with Crippen LogP contribution >= 0.6 is 0 Å². The van der Waals surface area contributed by atoms with E-state index in [4.69, 9.17) is 0 Å². The van der Waals surface area contributed by atoms with Crippen molar-refractivity contribution in [3.05, 3.63) is 101 Å². The molecule has 0 aliphatic rings. The van der Waals surface area contributed by atoms with Gasteiger partial charge in [-0.3, -0.25) is 14.3 Å². The molecule has 0 unspecified atom stereocenters. The zero-order chi connectivity index (χ0) is 22.9. The number of nitrogens with one attached hydrogen (secondary N) is 2. The number of hydrogen-bond acceptors (Lipinski definition) is 4. The number of nitrogens with zero attached hydrogens (tertiary/aromatic N) is 1. The number of hydrogen-bond donors (Lipinski definition) is 2. The van der Waals surface area contributed by atoms with Gasteiger partial charge in [-0.25, -0.2) is 12.8 Å². The molecule has 2 N–H and O–H groups in total. The number of anilines is 2. The quantitative estimate of drug-likeness (QED) is 0.483. The van der Waals surface area contributed by atoms with Crippen molar-refractivity contribution in [1.29, 1.82) is 0 Å². The first kappa shape index (κ1) is 21.3. The minimum absolute atomic E-state index is 0.123. The molecule has 4 rings (SSSR count). The summed E-state index contributed by atoms with van der Waals surface area (Å²) in [6, 6.07) is 18.9. The first-order valence-corrected chi connectivity index (χ1v) is 11.0. The monoisotopic (exact) mass is 451 g/mol. The molecular formula is C23H18FN3O4S. The zero-order valence-corrected chi connectivity index (χ0v) is 17.7. The average Bonchev–Trinajstić information content (AvgIpc) is 2.77. The van der Waals surface area contributed by atoms with Crippen LogP contribution in [-0.4, -0.2) is 18.9 Å². The van der Waals surface area contributed by atoms with E-state index in [2.05, 4.69) is 10.0 Å². The number of carbonyl (C=O) groups excluding carboxylic acids is 1. The standard InChI is InChI=1S/C23H18FN3O4S/c1-27-21-9-5-2-6-17(21)18(14-22(27)28)23(29)25-19-7-3-4-8-20(19)26-32(30,31)16-12-10-15(24)11-13-16/h2-14,26H,1H3,(H,25,29). The molecule has 0 bridgehead atoms. The molecule has 9 heteroatoms. The molecule has 7 nitrogen and oxygen atoms in total. The summed E-state index contributed by atoms with van der Waals surface area (Å²) < 4.78 is 42.4. The molecule has 0 saturated carbocycles. The summed E-state index contributed by atoms with van der Waals surface area (Å²) in [5, 5.41) is 3.25. The molecule has 0 fully saturated rings. The van der Waals surface area contributed by atoms with Gasteiger partial charge in [0, 0.05) is 18.5 Å². The summed E-state index contributed by atoms with van der Waals surface area (Å²) in [5.74, 6) is -1.12. The Kier molecular flexibility index (Phi) is 5.50. The number of fused-ring (bicyclic) bond motifs is 1. The lowest BCUT2D eigenvalue weighted by Gasteiger charge is -2.15. The highest BCUT2D eigenvalue weighted by Gasteiger charge is 2.19. The van der Waals surface area contributed by atoms with Crippen molar-refractivity contribution in [3.8, 4) is 0 Å². The van der Waals surface area contributed by atoms with Gasteiger partial charge >= 0.3 is 0 Å². The molecule has 0 radical (unpaired) electrons. The Bertz CT molecular complexity index is 1500. The average molecular weight is 451 g/mol. The first-order chi connectivity index (χ1) is 15.3. The lowest BCUT2D eigenvalue weighted by atomic mass is 10.1. The van der Waals surface area contributed by atoms with Crippen molar-refractivity contribution < 1.29 is 17.6 Å². The van der Waals surface area contributed by atoms with Crippen molar-refractivity contribution in [2.45, 2.75) is 4.90 Å². The van der Waals surface area contributed by atoms with Gasteiger partial charge in [-0.15, -0.1) is 0 Å². The summed E-state index contributed by atoms with van der Waals surface area (Å²) in [7, 11) is -2.40. The van der Waals surface area contributed by atoms with Gasteiger partial charge < -0.3 is 9.88 Å². The topological polar surface area (TPSA) is 97.3 Å². The van der Waals surface area contributed by atoms with E-state index in [1.807, 2.05) is 0 Å². The van der Waals surface area contributed by atoms with Crippen LogP contribution in [0.15, 0.2) is 88.6 Å². The molecule has 32 heavy (non-hydrogen) atoms. The van der Waals surface area contributed by atoms with E-state index in [1.54, 1.807) is 43.4 Å². The van der Waals surface area contributed by atoms with Crippen LogP contribution in [0, 0.1) is 5.82 Å². The Morgan fingerprint density at radius 2 is 1.53 bits per heavy atom. The fraction of sp³-hybridized carbons (Fsp3) is 0.0435. The third-order valence-corrected chi connectivity index (χ3v) is 6.32. The molecule has 0 atom stereocenters. The van der Waals surface area contributed by atoms with Gasteiger partial charge in [0.15, 0.2) is 0 Å². The number of benzene rings is 3. The van der Waals surface area contributed by atoms with Crippen LogP contribution < -0.4 is 15.6 Å². The maximum Gasteiger partial charge on any atom is 0.261 e. The van der Waals surface area contributed by atoms with Crippen molar-refractivity contribution in [2.24, 2.45) is 7.05 Å². The van der Waals surface area contributed by atoms with E-state index in [0.29, 0.717) is 10.9 Å². The number of pyridine rings is 1. The van der Waals surface area contributed by atoms with Crippen LogP contribution in [0.2, 0.25) is 0 Å². The van der Waals surface area contributed by atoms with Crippen molar-refractivity contribution in [1.82, 2.24) is 4.57 Å². The molecule has 1 amide bonds. The Hall–Kier alpha value is -3.98. The largest absolute Gasteiger partial charge is 0.320 e. The number of sulfonamides is 1. The Morgan fingerprint density at radius 1 is 0.906 bits per heavy atom. The smallest absolute Gasteiger partial charge is 0.261 e. The maximum atomic E-state index is 13.1. The van der Waals surface area contributed by atoms with Gasteiger partial charge in [-0.2, -0.15) is 0 Å². The fourth-order valence-corrected chi connectivity index (χ4v) is 4.37. The van der Waals surface area contributed by atoms with E-state index < -0.39 is 21.7 Å². The molecule has 0 aliphatic heterocycles. The highest BCUT2D eigenvalue weighted by molar-refractivity contribution is 7.92. The van der Waals surface area contributed by atoms with E-state index in [0.717, 1.165) is 24.3 Å². The summed E-state index contributed by atoms with van der Waals surface area (Å²) in [5.41, 5.74) is 0.737. The van der Waals surface area contributed by atoms with Gasteiger partial charge in [0.1, 0.15) is 5.82 Å². The third-order valence-electron chi connectivity index (χ3n) is 4.94. The molecule has 0 aliphatic carbocycles. The van der Waals surface area contributed by atoms with Gasteiger partial charge in [0.05, 0.1) is 27.4 Å². The van der Waals surface area contributed by atoms with Crippen LogP contribution in [0.1, 0.15) is 10.4 Å². The Morgan fingerprint density at radius 3 is 2.25 bits per heavy atom. The predicted octanol–water partition coefficient (Wildman–Crippen LogP) is 3.73. The van der Waals surface area contributed by atoms with Crippen molar-refractivity contribution in [3.63, 3.8) is 0 Å². The summed E-state index contributed by atoms with van der Waals surface area (Å²) >= 11 is 0. The molecule has 3 aromatic carbocycles. The lowest BCUT2D eigenvalue weighted by Crippen LogP contribution is -2.22. The number of para-hydroxylation sites is 3. The molecule has 1 aromatic heterocycles. The van der Waals surface area contributed by atoms with Crippen molar-refractivity contribution in [2.75, 3.05) is 10.0 Å². The SMILES string of the molecule is Cn1c(=O)cc(C(=O)Nc2ccccc2NS(=O)(=O)c2ccc(F)cc2)c2ccccc21. The highest BCUT2D eigenvalue weighted by Crippen LogP contribution is 2.26. The van der Waals surface area contributed by atoms with Crippen molar-refractivity contribution >= 4 is 38.2 Å². The first-order valence-electron chi connectivity index (χ1n) is 9.54. The number of carbonyl (C=O) groups is 1. The number of aryl methyl sites for hydroxylation is 1. The fourth-order valence-electron chi connectivity index (χ4n) is 3.29. The van der Waals surface area contributed by atoms with E-state index in [-0.39, 0.29) is 27.4 Å². The van der Waals surface area contributed by atoms with Gasteiger partial charge in [-0.1, -0.05) is 30.3 Å². The second-order valence-electron chi connectivity index (χ2n) is 7.03. The Balaban J connectivity index is 1.68. The molecule has 0 saturated heterocycles. The van der Waals surface area contributed by atoms with Gasteiger partial charge in [0.2, 0.25) is 0 Å². The minimum atomic E-state index is -4.02. The van der Waals surface area contributed by atoms with Gasteiger partial charge in [0.25, 0.3) is 21.5 Å². The van der Waals surface area contributed by atoms with Crippen LogP contribution in [0.3, 0.4) is 0 Å². The molecular weight excluding hydrogens is 433 g/mol. The van der Waals surface area contributed by atoms with Crippen LogP contribution in [0.25, 0.3) is 10.9 Å². The Labute approximate surface area is 183 Å². The summed E-state index contributed by atoms with van der Waals surface area (Å²) in [6.07, 6.45) is 0. The van der Waals surface area contributed by atoms with Crippen LogP contribution in [0.5, 0.6) is 0 Å². The van der Waals surface area contributed by atoms with Gasteiger partial charge in [-0.05, 0) is 42.5 Å². The summed E-state index contributed by atoms with van der Waals surface area (Å²) in [6.45, 7) is 0. The number of rotatable bonds is 5. The third kappa shape index (κ3) is 4.10. The molecule has 0 spiro atoms. The van der Waals surface area contributed by atoms with E-state index in [9.17, 15) is 22.4 Å². The minimum Gasteiger partial charge on any atom is -0.320 e. The number of aromatic nitrogens is 1. The predicted molar refractivity (Wildman–Crippen MR) is 121 cm³/mol. The molecule has 4 aromatic rings. The zero-order valence-electron chi connectivity index (χ0n) is 16.9. The van der Waals surface area contributed by atoms with E-state index in [1.165, 1.54) is 22.8 Å². The summed E-state index contributed by atoms with van der Waals surface area (Å²) in [4.78, 5) is 25.2. The van der Waals surface area contributed by atoms with Crippen LogP contribution in [0.4, 0.5) is 15.8 Å². The second-order valence-corrected chi connectivity index (χ2v) is 8.71. The number of halogens is 1. The van der Waals surface area contributed by atoms with E-state index >= 15 is 0 Å². The lowest BCUT2D eigenvalue weighted by molar-refractivity contribution is 0.102. The molecule has 1 heterocycles. The normalized spacial score (nSPS) is 11.3. The molecule has 162 valence electrons.